The molecule has 2 aromatic carbocycles. The molecule has 3 rings (SSSR count). The van der Waals surface area contributed by atoms with Gasteiger partial charge in [-0.3, -0.25) is 9.59 Å². The zero-order valence-electron chi connectivity index (χ0n) is 14.1. The first-order chi connectivity index (χ1) is 12.1. The second-order valence-corrected chi connectivity index (χ2v) is 6.35. The Balaban J connectivity index is 1.48. The third-order valence-electron chi connectivity index (χ3n) is 4.45. The lowest BCUT2D eigenvalue weighted by molar-refractivity contribution is 0.0732. The quantitative estimate of drug-likeness (QED) is 0.879. The number of carbonyl (C=O) groups is 2. The van der Waals surface area contributed by atoms with E-state index in [9.17, 15) is 9.59 Å². The van der Waals surface area contributed by atoms with Gasteiger partial charge in [-0.1, -0.05) is 30.3 Å². The number of primary amides is 1. The van der Waals surface area contributed by atoms with Crippen LogP contribution in [0, 0.1) is 5.92 Å². The number of nitrogens with zero attached hydrogens (tertiary/aromatic N) is 1. The van der Waals surface area contributed by atoms with Crippen molar-refractivity contribution >= 4 is 11.8 Å². The summed E-state index contributed by atoms with van der Waals surface area (Å²) in [7, 11) is 0. The summed E-state index contributed by atoms with van der Waals surface area (Å²) in [6.45, 7) is 2.68. The van der Waals surface area contributed by atoms with E-state index in [2.05, 4.69) is 0 Å². The molecule has 130 valence electrons. The number of likely N-dealkylation sites (tertiary alicyclic amines) is 1. The molecule has 2 amide bonds. The summed E-state index contributed by atoms with van der Waals surface area (Å²) in [5.41, 5.74) is 7.36. The molecule has 2 N–H and O–H groups in total. The van der Waals surface area contributed by atoms with Crippen molar-refractivity contribution in [2.24, 2.45) is 11.7 Å². The first-order valence-electron chi connectivity index (χ1n) is 8.44. The van der Waals surface area contributed by atoms with E-state index in [4.69, 9.17) is 10.5 Å². The Bertz CT molecular complexity index is 728. The Hall–Kier alpha value is -2.66. The minimum atomic E-state index is -0.490. The second kappa shape index (κ2) is 7.94. The van der Waals surface area contributed by atoms with Crippen molar-refractivity contribution in [3.63, 3.8) is 0 Å². The smallest absolute Gasteiger partial charge is 0.253 e. The van der Waals surface area contributed by atoms with E-state index in [-0.39, 0.29) is 5.91 Å². The van der Waals surface area contributed by atoms with Crippen molar-refractivity contribution in [3.8, 4) is 0 Å². The Kier molecular flexibility index (Phi) is 5.46. The Morgan fingerprint density at radius 2 is 1.72 bits per heavy atom. The van der Waals surface area contributed by atoms with Gasteiger partial charge in [-0.2, -0.15) is 0 Å². The lowest BCUT2D eigenvalue weighted by atomic mass is 10.1. The van der Waals surface area contributed by atoms with E-state index < -0.39 is 5.91 Å². The van der Waals surface area contributed by atoms with Crippen LogP contribution in [-0.4, -0.2) is 36.4 Å². The molecule has 0 aromatic heterocycles. The van der Waals surface area contributed by atoms with Gasteiger partial charge in [0, 0.05) is 30.1 Å². The predicted octanol–water partition coefficient (Wildman–Crippen LogP) is 2.46. The van der Waals surface area contributed by atoms with Crippen molar-refractivity contribution < 1.29 is 14.3 Å². The topological polar surface area (TPSA) is 72.6 Å². The molecule has 1 aliphatic rings. The molecule has 1 aliphatic heterocycles. The van der Waals surface area contributed by atoms with Crippen LogP contribution in [0.5, 0.6) is 0 Å². The number of hydrogen-bond acceptors (Lipinski definition) is 3. The largest absolute Gasteiger partial charge is 0.376 e. The zero-order valence-corrected chi connectivity index (χ0v) is 14.1. The predicted molar refractivity (Wildman–Crippen MR) is 95.1 cm³/mol. The SMILES string of the molecule is NC(=O)c1ccc(C(=O)N2CCC(COCc3ccccc3)C2)cc1. The summed E-state index contributed by atoms with van der Waals surface area (Å²) in [4.78, 5) is 25.5. The van der Waals surface area contributed by atoms with E-state index in [1.165, 1.54) is 0 Å². The third kappa shape index (κ3) is 4.45. The van der Waals surface area contributed by atoms with Crippen molar-refractivity contribution in [1.82, 2.24) is 4.90 Å². The highest BCUT2D eigenvalue weighted by molar-refractivity contribution is 5.97. The van der Waals surface area contributed by atoms with Crippen molar-refractivity contribution in [3.05, 3.63) is 71.3 Å². The molecule has 5 heteroatoms. The molecule has 1 atom stereocenters. The van der Waals surface area contributed by atoms with Gasteiger partial charge in [-0.25, -0.2) is 0 Å². The fourth-order valence-corrected chi connectivity index (χ4v) is 3.03. The highest BCUT2D eigenvalue weighted by Crippen LogP contribution is 2.20. The summed E-state index contributed by atoms with van der Waals surface area (Å²) in [5.74, 6) is -0.144. The van der Waals surface area contributed by atoms with Gasteiger partial charge in [-0.15, -0.1) is 0 Å². The van der Waals surface area contributed by atoms with E-state index in [1.807, 2.05) is 35.2 Å². The molecule has 1 unspecified atom stereocenters. The van der Waals surface area contributed by atoms with Gasteiger partial charge in [0.25, 0.3) is 5.91 Å². The van der Waals surface area contributed by atoms with E-state index in [0.717, 1.165) is 18.5 Å². The van der Waals surface area contributed by atoms with Crippen LogP contribution in [0.3, 0.4) is 0 Å². The number of benzene rings is 2. The molecule has 25 heavy (non-hydrogen) atoms. The monoisotopic (exact) mass is 338 g/mol. The minimum absolute atomic E-state index is 0.0124. The molecule has 0 bridgehead atoms. The van der Waals surface area contributed by atoms with Crippen LogP contribution in [0.4, 0.5) is 0 Å². The van der Waals surface area contributed by atoms with Gasteiger partial charge >= 0.3 is 0 Å². The maximum Gasteiger partial charge on any atom is 0.253 e. The summed E-state index contributed by atoms with van der Waals surface area (Å²) in [5, 5.41) is 0. The molecule has 5 nitrogen and oxygen atoms in total. The summed E-state index contributed by atoms with van der Waals surface area (Å²) >= 11 is 0. The van der Waals surface area contributed by atoms with Crippen molar-refractivity contribution in [1.29, 1.82) is 0 Å². The number of nitrogens with two attached hydrogens (primary N) is 1. The van der Waals surface area contributed by atoms with Gasteiger partial charge in [0.05, 0.1) is 13.2 Å². The molecule has 1 heterocycles. The first kappa shape index (κ1) is 17.2. The molecule has 0 aliphatic carbocycles. The molecule has 0 radical (unpaired) electrons. The van der Waals surface area contributed by atoms with Crippen LogP contribution in [0.15, 0.2) is 54.6 Å². The lowest BCUT2D eigenvalue weighted by Gasteiger charge is -2.17. The number of carbonyl (C=O) groups excluding carboxylic acids is 2. The number of amides is 2. The number of ether oxygens (including phenoxy) is 1. The Morgan fingerprint density at radius 3 is 2.40 bits per heavy atom. The molecule has 0 saturated carbocycles. The van der Waals surface area contributed by atoms with Crippen LogP contribution >= 0.6 is 0 Å². The summed E-state index contributed by atoms with van der Waals surface area (Å²) in [6.07, 6.45) is 0.944. The van der Waals surface area contributed by atoms with E-state index >= 15 is 0 Å². The van der Waals surface area contributed by atoms with Gasteiger partial charge in [-0.05, 0) is 36.2 Å². The van der Waals surface area contributed by atoms with E-state index in [1.54, 1.807) is 24.3 Å². The maximum absolute atomic E-state index is 12.5. The highest BCUT2D eigenvalue weighted by atomic mass is 16.5. The van der Waals surface area contributed by atoms with Crippen LogP contribution in [0.1, 0.15) is 32.7 Å². The Labute approximate surface area is 147 Å². The third-order valence-corrected chi connectivity index (χ3v) is 4.45. The number of hydrogen-bond donors (Lipinski definition) is 1. The lowest BCUT2D eigenvalue weighted by Crippen LogP contribution is -2.29. The summed E-state index contributed by atoms with van der Waals surface area (Å²) in [6, 6.07) is 16.6. The molecule has 1 fully saturated rings. The number of rotatable bonds is 6. The van der Waals surface area contributed by atoms with Gasteiger partial charge in [0.2, 0.25) is 5.91 Å². The normalized spacial score (nSPS) is 16.8. The maximum atomic E-state index is 12.5. The average molecular weight is 338 g/mol. The van der Waals surface area contributed by atoms with Crippen LogP contribution in [-0.2, 0) is 11.3 Å². The van der Waals surface area contributed by atoms with Gasteiger partial charge in [0.1, 0.15) is 0 Å². The minimum Gasteiger partial charge on any atom is -0.376 e. The average Bonchev–Trinajstić information content (AvgIpc) is 3.11. The Morgan fingerprint density at radius 1 is 1.04 bits per heavy atom. The van der Waals surface area contributed by atoms with Crippen LogP contribution < -0.4 is 5.73 Å². The summed E-state index contributed by atoms with van der Waals surface area (Å²) < 4.78 is 5.79. The highest BCUT2D eigenvalue weighted by Gasteiger charge is 2.27. The molecule has 0 spiro atoms. The molecule has 1 saturated heterocycles. The van der Waals surface area contributed by atoms with Crippen LogP contribution in [0.25, 0.3) is 0 Å². The van der Waals surface area contributed by atoms with E-state index in [0.29, 0.717) is 36.8 Å². The molecule has 2 aromatic rings. The van der Waals surface area contributed by atoms with Crippen LogP contribution in [0.2, 0.25) is 0 Å². The molecular weight excluding hydrogens is 316 g/mol. The van der Waals surface area contributed by atoms with Gasteiger partial charge in [0.15, 0.2) is 0 Å². The van der Waals surface area contributed by atoms with Gasteiger partial charge < -0.3 is 15.4 Å². The zero-order chi connectivity index (χ0) is 17.6. The fourth-order valence-electron chi connectivity index (χ4n) is 3.03. The molecular formula is C20H22N2O3. The van der Waals surface area contributed by atoms with Crippen molar-refractivity contribution in [2.45, 2.75) is 13.0 Å². The van der Waals surface area contributed by atoms with Crippen molar-refractivity contribution in [2.75, 3.05) is 19.7 Å². The first-order valence-corrected chi connectivity index (χ1v) is 8.44. The fraction of sp³-hybridized carbons (Fsp3) is 0.300. The standard InChI is InChI=1S/C20H22N2O3/c21-19(23)17-6-8-18(9-7-17)20(24)22-11-10-16(12-22)14-25-13-15-4-2-1-3-5-15/h1-9,16H,10-14H2,(H2,21,23). The second-order valence-electron chi connectivity index (χ2n) is 6.35.